The highest BCUT2D eigenvalue weighted by Gasteiger charge is 2.65. The lowest BCUT2D eigenvalue weighted by molar-refractivity contribution is -0.0894. The topological polar surface area (TPSA) is 55.4 Å². The maximum atomic E-state index is 13.1. The van der Waals surface area contributed by atoms with Gasteiger partial charge in [-0.05, 0) is 114 Å². The van der Waals surface area contributed by atoms with E-state index in [0.717, 1.165) is 68.5 Å². The van der Waals surface area contributed by atoms with Crippen LogP contribution >= 0.6 is 12.4 Å². The molecule has 4 aliphatic heterocycles. The van der Waals surface area contributed by atoms with E-state index in [1.807, 2.05) is 6.20 Å². The van der Waals surface area contributed by atoms with Crippen LogP contribution in [-0.2, 0) is 0 Å². The number of pyridine rings is 1. The smallest absolute Gasteiger partial charge is 0.0998 e. The third-order valence-corrected chi connectivity index (χ3v) is 11.2. The molecular weight excluding hydrogens is 540 g/mol. The summed E-state index contributed by atoms with van der Waals surface area (Å²) in [5.74, 6) is 0.385. The number of piperidine rings is 1. The lowest BCUT2D eigenvalue weighted by Crippen LogP contribution is -2.65. The third kappa shape index (κ3) is 4.51. The van der Waals surface area contributed by atoms with Crippen molar-refractivity contribution in [1.82, 2.24) is 19.8 Å². The fourth-order valence-electron chi connectivity index (χ4n) is 9.59. The van der Waals surface area contributed by atoms with E-state index in [1.54, 1.807) is 0 Å². The van der Waals surface area contributed by atoms with Gasteiger partial charge in [0.05, 0.1) is 22.9 Å². The predicted molar refractivity (Wildman–Crippen MR) is 175 cm³/mol. The highest BCUT2D eigenvalue weighted by Crippen LogP contribution is 2.61. The highest BCUT2D eigenvalue weighted by atomic mass is 35.5. The molecule has 2 fully saturated rings. The number of benzene rings is 1. The summed E-state index contributed by atoms with van der Waals surface area (Å²) in [5, 5.41) is 15.5. The molecule has 6 atom stereocenters. The van der Waals surface area contributed by atoms with Gasteiger partial charge < -0.3 is 15.0 Å². The number of rotatable bonds is 1. The molecule has 0 radical (unpaired) electrons. The molecule has 1 spiro atoms. The van der Waals surface area contributed by atoms with Crippen molar-refractivity contribution in [2.45, 2.75) is 81.9 Å². The maximum absolute atomic E-state index is 13.1. The molecule has 1 aromatic carbocycles. The van der Waals surface area contributed by atoms with Crippen molar-refractivity contribution in [3.63, 3.8) is 0 Å². The number of nitrogens with one attached hydrogen (secondary N) is 1. The van der Waals surface area contributed by atoms with E-state index < -0.39 is 5.60 Å². The standard InChI is InChI=1S/C36H44N4O.ClH/c41-36-18-10-4-1-2-5-11-20-39-22-17-30(35(25-39)23-26-13-7-3-6-12-21-40(26)34(35)36)29(24-36)32-33-28(16-19-37-32)27-14-8-9-15-31(27)38-33;/h1,4,7-9,13-16,19,24,26,30,34,38,41H,2-3,5-6,10-12,17-18,20-23,25H2;1H/t26-,30-,34+,35-,36-;/m0./s1. The maximum Gasteiger partial charge on any atom is 0.0998 e. The first kappa shape index (κ1) is 28.3. The zero-order valence-corrected chi connectivity index (χ0v) is 25.5. The fraction of sp³-hybridized carbons (Fsp3) is 0.528. The summed E-state index contributed by atoms with van der Waals surface area (Å²) in [5.41, 5.74) is 3.74. The zero-order valence-electron chi connectivity index (χ0n) is 24.7. The molecule has 6 heteroatoms. The molecule has 222 valence electrons. The number of hydrogen-bond donors (Lipinski definition) is 2. The SMILES string of the molecule is Cl.O[C@]12C=C(c3nccc4c3[nH]c3ccccc34)[C@@H]3CCN(CCCCC=CCC1)C[C@@]31C[C@@H]3C=CCCCCN3[C@H]12. The first-order valence-electron chi connectivity index (χ1n) is 16.3. The Balaban J connectivity index is 0.00000288. The largest absolute Gasteiger partial charge is 0.384 e. The van der Waals surface area contributed by atoms with Crippen LogP contribution in [0.15, 0.2) is 66.9 Å². The molecule has 1 unspecified atom stereocenters. The number of aromatic amines is 1. The Bertz CT molecular complexity index is 1540. The normalized spacial score (nSPS) is 35.2. The van der Waals surface area contributed by atoms with Gasteiger partial charge in [-0.15, -0.1) is 12.4 Å². The summed E-state index contributed by atoms with van der Waals surface area (Å²) >= 11 is 0. The number of aliphatic hydroxyl groups is 1. The number of fused-ring (bicyclic) bond motifs is 5. The van der Waals surface area contributed by atoms with Crippen LogP contribution in [-0.4, -0.2) is 68.7 Å². The number of H-pyrrole nitrogens is 1. The summed E-state index contributed by atoms with van der Waals surface area (Å²) in [6, 6.07) is 11.3. The Morgan fingerprint density at radius 1 is 0.905 bits per heavy atom. The molecule has 8 rings (SSSR count). The minimum atomic E-state index is -0.898. The Labute approximate surface area is 256 Å². The van der Waals surface area contributed by atoms with Gasteiger partial charge in [0.15, 0.2) is 0 Å². The van der Waals surface area contributed by atoms with Crippen molar-refractivity contribution in [1.29, 1.82) is 0 Å². The van der Waals surface area contributed by atoms with Gasteiger partial charge in [0, 0.05) is 40.5 Å². The molecule has 2 aromatic heterocycles. The Hall–Kier alpha value is -2.44. The number of para-hydroxylation sites is 1. The van der Waals surface area contributed by atoms with Gasteiger partial charge in [-0.3, -0.25) is 9.88 Å². The Morgan fingerprint density at radius 2 is 1.74 bits per heavy atom. The first-order chi connectivity index (χ1) is 20.2. The van der Waals surface area contributed by atoms with Crippen molar-refractivity contribution in [3.05, 3.63) is 72.6 Å². The lowest BCUT2D eigenvalue weighted by atomic mass is 9.54. The van der Waals surface area contributed by atoms with Gasteiger partial charge in [-0.1, -0.05) is 42.5 Å². The van der Waals surface area contributed by atoms with Gasteiger partial charge in [-0.25, -0.2) is 0 Å². The fourth-order valence-corrected chi connectivity index (χ4v) is 9.59. The van der Waals surface area contributed by atoms with E-state index in [-0.39, 0.29) is 23.9 Å². The van der Waals surface area contributed by atoms with Crippen LogP contribution in [0.3, 0.4) is 0 Å². The molecule has 5 nitrogen and oxygen atoms in total. The van der Waals surface area contributed by atoms with Crippen molar-refractivity contribution >= 4 is 39.8 Å². The number of hydrogen-bond acceptors (Lipinski definition) is 4. The average molecular weight is 585 g/mol. The van der Waals surface area contributed by atoms with E-state index >= 15 is 0 Å². The Morgan fingerprint density at radius 3 is 2.67 bits per heavy atom. The molecule has 2 N–H and O–H groups in total. The zero-order chi connectivity index (χ0) is 27.4. The van der Waals surface area contributed by atoms with Crippen molar-refractivity contribution in [2.75, 3.05) is 26.2 Å². The van der Waals surface area contributed by atoms with E-state index in [9.17, 15) is 5.11 Å². The summed E-state index contributed by atoms with van der Waals surface area (Å²) < 4.78 is 0. The second kappa shape index (κ2) is 11.2. The van der Waals surface area contributed by atoms with E-state index in [1.165, 1.54) is 55.0 Å². The van der Waals surface area contributed by atoms with Crippen LogP contribution in [0.5, 0.6) is 0 Å². The van der Waals surface area contributed by atoms with Crippen molar-refractivity contribution in [2.24, 2.45) is 11.3 Å². The molecule has 0 amide bonds. The molecule has 0 saturated carbocycles. The monoisotopic (exact) mass is 584 g/mol. The van der Waals surface area contributed by atoms with E-state index in [4.69, 9.17) is 4.98 Å². The second-order valence-corrected chi connectivity index (χ2v) is 13.5. The first-order valence-corrected chi connectivity index (χ1v) is 16.3. The lowest BCUT2D eigenvalue weighted by Gasteiger charge is -2.58. The summed E-state index contributed by atoms with van der Waals surface area (Å²) in [6.07, 6.45) is 25.2. The minimum absolute atomic E-state index is 0. The molecule has 3 bridgehead atoms. The van der Waals surface area contributed by atoms with Crippen LogP contribution in [0.2, 0.25) is 0 Å². The quantitative estimate of drug-likeness (QED) is 0.295. The van der Waals surface area contributed by atoms with Gasteiger partial charge in [-0.2, -0.15) is 0 Å². The molecule has 2 saturated heterocycles. The number of halogens is 1. The summed E-state index contributed by atoms with van der Waals surface area (Å²) in [6.45, 7) is 4.47. The Kier molecular flexibility index (Phi) is 7.59. The second-order valence-electron chi connectivity index (χ2n) is 13.5. The summed E-state index contributed by atoms with van der Waals surface area (Å²) in [4.78, 5) is 14.4. The third-order valence-electron chi connectivity index (χ3n) is 11.2. The van der Waals surface area contributed by atoms with Crippen molar-refractivity contribution in [3.8, 4) is 0 Å². The summed E-state index contributed by atoms with van der Waals surface area (Å²) in [7, 11) is 0. The van der Waals surface area contributed by atoms with Gasteiger partial charge >= 0.3 is 0 Å². The van der Waals surface area contributed by atoms with Crippen LogP contribution in [0.25, 0.3) is 27.4 Å². The van der Waals surface area contributed by atoms with Gasteiger partial charge in [0.1, 0.15) is 0 Å². The highest BCUT2D eigenvalue weighted by molar-refractivity contribution is 6.09. The van der Waals surface area contributed by atoms with E-state index in [2.05, 4.69) is 75.5 Å². The average Bonchev–Trinajstić information content (AvgIpc) is 3.49. The number of allylic oxidation sites excluding steroid dienone is 4. The minimum Gasteiger partial charge on any atom is -0.384 e. The van der Waals surface area contributed by atoms with Gasteiger partial charge in [0.25, 0.3) is 0 Å². The van der Waals surface area contributed by atoms with Crippen molar-refractivity contribution < 1.29 is 5.11 Å². The molecule has 5 aliphatic rings. The van der Waals surface area contributed by atoms with Crippen LogP contribution in [0.1, 0.15) is 69.9 Å². The molecule has 42 heavy (non-hydrogen) atoms. The number of aromatic nitrogens is 2. The number of nitrogens with zero attached hydrogens (tertiary/aromatic N) is 3. The van der Waals surface area contributed by atoms with Crippen LogP contribution < -0.4 is 0 Å². The van der Waals surface area contributed by atoms with Crippen LogP contribution in [0.4, 0.5) is 0 Å². The molecule has 6 heterocycles. The predicted octanol–water partition coefficient (Wildman–Crippen LogP) is 7.28. The van der Waals surface area contributed by atoms with E-state index in [0.29, 0.717) is 12.0 Å². The van der Waals surface area contributed by atoms with Gasteiger partial charge in [0.2, 0.25) is 0 Å². The molecule has 1 aliphatic carbocycles. The molecule has 3 aromatic rings. The van der Waals surface area contributed by atoms with Crippen LogP contribution in [0, 0.1) is 11.3 Å². The molecular formula is C36H45ClN4O.